The molecule has 0 saturated heterocycles. The van der Waals surface area contributed by atoms with Gasteiger partial charge in [-0.2, -0.15) is 0 Å². The highest BCUT2D eigenvalue weighted by molar-refractivity contribution is 6.34. The molecule has 2 aromatic rings. The number of benzene rings is 1. The van der Waals surface area contributed by atoms with E-state index in [4.69, 9.17) is 21.4 Å². The number of fused-ring (bicyclic) bond motifs is 1. The van der Waals surface area contributed by atoms with Gasteiger partial charge in [-0.15, -0.1) is 0 Å². The number of methoxy groups -OCH3 is 1. The molecule has 0 amide bonds. The van der Waals surface area contributed by atoms with Crippen molar-refractivity contribution in [3.63, 3.8) is 0 Å². The number of aliphatic carboxylic acids is 1. The summed E-state index contributed by atoms with van der Waals surface area (Å²) in [5.41, 5.74) is 0.884. The molecular weight excluding hydrogens is 386 g/mol. The molecule has 1 aromatic carbocycles. The van der Waals surface area contributed by atoms with Crippen LogP contribution in [0.2, 0.25) is 5.02 Å². The molecule has 3 N–H and O–H groups in total. The van der Waals surface area contributed by atoms with Gasteiger partial charge in [0.15, 0.2) is 0 Å². The summed E-state index contributed by atoms with van der Waals surface area (Å²) in [6.45, 7) is 1.41. The monoisotopic (exact) mass is 407 g/mol. The zero-order valence-electron chi connectivity index (χ0n) is 15.5. The van der Waals surface area contributed by atoms with E-state index in [0.29, 0.717) is 41.2 Å². The highest BCUT2D eigenvalue weighted by Gasteiger charge is 2.27. The average Bonchev–Trinajstić information content (AvgIpc) is 3.49. The van der Waals surface area contributed by atoms with E-state index in [0.717, 1.165) is 12.8 Å². The third-order valence-corrected chi connectivity index (χ3v) is 4.91. The van der Waals surface area contributed by atoms with Crippen molar-refractivity contribution < 1.29 is 19.4 Å². The molecule has 1 heterocycles. The van der Waals surface area contributed by atoms with E-state index in [1.54, 1.807) is 18.3 Å². The predicted octanol–water partition coefficient (Wildman–Crippen LogP) is 2.25. The number of hydrogen-bond acceptors (Lipinski definition) is 6. The summed E-state index contributed by atoms with van der Waals surface area (Å²) in [4.78, 5) is 35.3. The molecule has 1 aromatic heterocycles. The zero-order chi connectivity index (χ0) is 20.3. The fraction of sp³-hybridized carbons (Fsp3) is 0.421. The van der Waals surface area contributed by atoms with Gasteiger partial charge in [0.1, 0.15) is 5.56 Å². The first-order chi connectivity index (χ1) is 13.4. The van der Waals surface area contributed by atoms with Gasteiger partial charge in [0.25, 0.3) is 0 Å². The Morgan fingerprint density at radius 3 is 2.68 bits per heavy atom. The Labute approximate surface area is 166 Å². The fourth-order valence-corrected chi connectivity index (χ4v) is 3.25. The number of anilines is 1. The zero-order valence-corrected chi connectivity index (χ0v) is 16.2. The second-order valence-electron chi connectivity index (χ2n) is 6.67. The van der Waals surface area contributed by atoms with Crippen molar-refractivity contribution in [2.45, 2.75) is 25.3 Å². The van der Waals surface area contributed by atoms with E-state index in [1.807, 2.05) is 4.57 Å². The highest BCUT2D eigenvalue weighted by atomic mass is 35.5. The third-order valence-electron chi connectivity index (χ3n) is 4.60. The fourth-order valence-electron chi connectivity index (χ4n) is 3.02. The second kappa shape index (κ2) is 8.62. The molecule has 0 aliphatic heterocycles. The number of rotatable bonds is 9. The number of hydrogen-bond donors (Lipinski definition) is 3. The first-order valence-corrected chi connectivity index (χ1v) is 9.43. The van der Waals surface area contributed by atoms with Gasteiger partial charge in [0.05, 0.1) is 29.8 Å². The van der Waals surface area contributed by atoms with Crippen molar-refractivity contribution in [3.8, 4) is 0 Å². The summed E-state index contributed by atoms with van der Waals surface area (Å²) in [6.07, 6.45) is 3.58. The lowest BCUT2D eigenvalue weighted by Crippen LogP contribution is -2.25. The summed E-state index contributed by atoms with van der Waals surface area (Å²) in [7, 11) is 1.25. The van der Waals surface area contributed by atoms with E-state index in [1.165, 1.54) is 7.11 Å². The van der Waals surface area contributed by atoms with Gasteiger partial charge in [-0.05, 0) is 25.0 Å². The number of pyridine rings is 1. The van der Waals surface area contributed by atoms with E-state index < -0.39 is 17.4 Å². The van der Waals surface area contributed by atoms with Crippen LogP contribution in [0.15, 0.2) is 23.1 Å². The lowest BCUT2D eigenvalue weighted by molar-refractivity contribution is -0.136. The molecule has 0 spiro atoms. The Morgan fingerprint density at radius 2 is 2.04 bits per heavy atom. The van der Waals surface area contributed by atoms with E-state index in [9.17, 15) is 14.4 Å². The minimum absolute atomic E-state index is 0.00510. The lowest BCUT2D eigenvalue weighted by Gasteiger charge is -2.15. The number of esters is 1. The molecule has 0 unspecified atom stereocenters. The van der Waals surface area contributed by atoms with Crippen molar-refractivity contribution in [1.29, 1.82) is 0 Å². The van der Waals surface area contributed by atoms with Gasteiger partial charge in [-0.25, -0.2) is 4.79 Å². The SMILES string of the molecule is COC(=O)c1cn(C2CC2)c2cc(Cl)c(NCCNCCC(=O)O)cc2c1=O. The van der Waals surface area contributed by atoms with Crippen molar-refractivity contribution in [1.82, 2.24) is 9.88 Å². The van der Waals surface area contributed by atoms with Crippen LogP contribution < -0.4 is 16.1 Å². The van der Waals surface area contributed by atoms with Gasteiger partial charge >= 0.3 is 11.9 Å². The lowest BCUT2D eigenvalue weighted by atomic mass is 10.1. The van der Waals surface area contributed by atoms with Crippen LogP contribution in [0.3, 0.4) is 0 Å². The maximum Gasteiger partial charge on any atom is 0.343 e. The number of carboxylic acids is 1. The molecule has 1 aliphatic rings. The smallest absolute Gasteiger partial charge is 0.343 e. The quantitative estimate of drug-likeness (QED) is 0.432. The normalized spacial score (nSPS) is 13.5. The first kappa shape index (κ1) is 20.2. The van der Waals surface area contributed by atoms with Crippen LogP contribution in [0.1, 0.15) is 35.7 Å². The molecular formula is C19H22ClN3O5. The molecule has 0 radical (unpaired) electrons. The molecule has 150 valence electrons. The van der Waals surface area contributed by atoms with Crippen LogP contribution in [-0.2, 0) is 9.53 Å². The molecule has 1 fully saturated rings. The maximum atomic E-state index is 12.8. The number of nitrogens with zero attached hydrogens (tertiary/aromatic N) is 1. The number of carboxylic acid groups (broad SMARTS) is 1. The van der Waals surface area contributed by atoms with Crippen LogP contribution in [-0.4, -0.2) is 48.4 Å². The number of halogens is 1. The second-order valence-corrected chi connectivity index (χ2v) is 7.08. The van der Waals surface area contributed by atoms with Gasteiger partial charge < -0.3 is 25.0 Å². The number of carbonyl (C=O) groups excluding carboxylic acids is 1. The van der Waals surface area contributed by atoms with Crippen LogP contribution in [0.4, 0.5) is 5.69 Å². The number of ether oxygens (including phenoxy) is 1. The Bertz CT molecular complexity index is 968. The van der Waals surface area contributed by atoms with Crippen molar-refractivity contribution in [2.24, 2.45) is 0 Å². The molecule has 1 saturated carbocycles. The average molecular weight is 408 g/mol. The van der Waals surface area contributed by atoms with Crippen molar-refractivity contribution in [3.05, 3.63) is 39.1 Å². The van der Waals surface area contributed by atoms with Gasteiger partial charge in [-0.3, -0.25) is 9.59 Å². The molecule has 1 aliphatic carbocycles. The Kier molecular flexibility index (Phi) is 6.21. The molecule has 28 heavy (non-hydrogen) atoms. The standard InChI is InChI=1S/C19H22ClN3O5/c1-28-19(27)13-10-23(11-2-3-11)16-9-14(20)15(8-12(16)18(13)26)22-7-6-21-5-4-17(24)25/h8-11,21-22H,2-7H2,1H3,(H,24,25). The summed E-state index contributed by atoms with van der Waals surface area (Å²) in [6, 6.07) is 3.64. The highest BCUT2D eigenvalue weighted by Crippen LogP contribution is 2.38. The van der Waals surface area contributed by atoms with Crippen LogP contribution >= 0.6 is 11.6 Å². The molecule has 0 atom stereocenters. The van der Waals surface area contributed by atoms with E-state index in [-0.39, 0.29) is 18.0 Å². The van der Waals surface area contributed by atoms with Gasteiger partial charge in [0, 0.05) is 37.3 Å². The minimum Gasteiger partial charge on any atom is -0.481 e. The van der Waals surface area contributed by atoms with Crippen LogP contribution in [0.5, 0.6) is 0 Å². The van der Waals surface area contributed by atoms with Crippen LogP contribution in [0.25, 0.3) is 10.9 Å². The molecule has 8 nitrogen and oxygen atoms in total. The maximum absolute atomic E-state index is 12.8. The third kappa shape index (κ3) is 4.45. The van der Waals surface area contributed by atoms with Crippen molar-refractivity contribution in [2.75, 3.05) is 32.1 Å². The summed E-state index contributed by atoms with van der Waals surface area (Å²) >= 11 is 6.40. The Balaban J connectivity index is 1.86. The summed E-state index contributed by atoms with van der Waals surface area (Å²) in [5.74, 6) is -1.51. The topological polar surface area (TPSA) is 110 Å². The van der Waals surface area contributed by atoms with Crippen LogP contribution in [0, 0.1) is 0 Å². The number of nitrogens with one attached hydrogen (secondary N) is 2. The van der Waals surface area contributed by atoms with Gasteiger partial charge in [0.2, 0.25) is 5.43 Å². The predicted molar refractivity (Wildman–Crippen MR) is 106 cm³/mol. The molecule has 0 bridgehead atoms. The number of aromatic nitrogens is 1. The molecule has 9 heteroatoms. The van der Waals surface area contributed by atoms with Crippen molar-refractivity contribution >= 4 is 40.1 Å². The van der Waals surface area contributed by atoms with E-state index in [2.05, 4.69) is 10.6 Å². The Hall–Kier alpha value is -2.58. The summed E-state index contributed by atoms with van der Waals surface area (Å²) in [5, 5.41) is 15.6. The first-order valence-electron chi connectivity index (χ1n) is 9.05. The number of carbonyl (C=O) groups is 2. The minimum atomic E-state index is -0.855. The van der Waals surface area contributed by atoms with E-state index >= 15 is 0 Å². The summed E-state index contributed by atoms with van der Waals surface area (Å²) < 4.78 is 6.67. The van der Waals surface area contributed by atoms with Gasteiger partial charge in [-0.1, -0.05) is 11.6 Å². The largest absolute Gasteiger partial charge is 0.481 e. The molecule has 3 rings (SSSR count). The Morgan fingerprint density at radius 1 is 1.29 bits per heavy atom.